The number of nitrogens with one attached hydrogen (secondary N) is 1. The molecule has 0 fully saturated rings. The van der Waals surface area contributed by atoms with Crippen molar-refractivity contribution in [2.24, 2.45) is 0 Å². The first-order chi connectivity index (χ1) is 9.99. The summed E-state index contributed by atoms with van der Waals surface area (Å²) >= 11 is 9.34. The van der Waals surface area contributed by atoms with Gasteiger partial charge in [0, 0.05) is 18.7 Å². The van der Waals surface area contributed by atoms with Crippen LogP contribution in [0.4, 0.5) is 11.4 Å². The average molecular weight is 372 g/mol. The normalized spacial score (nSPS) is 12.0. The minimum atomic E-state index is -0.781. The van der Waals surface area contributed by atoms with Crippen molar-refractivity contribution in [1.29, 1.82) is 0 Å². The quantitative estimate of drug-likeness (QED) is 0.611. The Morgan fingerprint density at radius 2 is 1.95 bits per heavy atom. The predicted molar refractivity (Wildman–Crippen MR) is 85.7 cm³/mol. The van der Waals surface area contributed by atoms with Gasteiger partial charge < -0.3 is 10.4 Å². The molecule has 0 bridgehead atoms. The van der Waals surface area contributed by atoms with Crippen molar-refractivity contribution < 1.29 is 10.0 Å². The molecule has 0 saturated heterocycles. The van der Waals surface area contributed by atoms with Gasteiger partial charge in [-0.1, -0.05) is 17.7 Å². The monoisotopic (exact) mass is 370 g/mol. The topological polar surface area (TPSA) is 75.4 Å². The summed E-state index contributed by atoms with van der Waals surface area (Å²) in [4.78, 5) is 10.1. The number of nitrogens with zero attached hydrogens (tertiary/aromatic N) is 1. The summed E-state index contributed by atoms with van der Waals surface area (Å²) in [6.07, 6.45) is -0.781. The number of nitro groups is 1. The lowest BCUT2D eigenvalue weighted by molar-refractivity contribution is -0.384. The molecule has 7 heteroatoms. The van der Waals surface area contributed by atoms with Gasteiger partial charge >= 0.3 is 0 Å². The summed E-state index contributed by atoms with van der Waals surface area (Å²) in [7, 11) is 0. The lowest BCUT2D eigenvalue weighted by Crippen LogP contribution is -2.12. The fourth-order valence-corrected chi connectivity index (χ4v) is 2.36. The maximum Gasteiger partial charge on any atom is 0.269 e. The van der Waals surface area contributed by atoms with Crippen molar-refractivity contribution >= 4 is 38.9 Å². The van der Waals surface area contributed by atoms with E-state index in [4.69, 9.17) is 11.6 Å². The van der Waals surface area contributed by atoms with Crippen LogP contribution in [0.2, 0.25) is 5.02 Å². The van der Waals surface area contributed by atoms with Crippen molar-refractivity contribution in [2.45, 2.75) is 6.10 Å². The highest BCUT2D eigenvalue weighted by molar-refractivity contribution is 9.10. The number of rotatable bonds is 5. The Balaban J connectivity index is 2.03. The van der Waals surface area contributed by atoms with Crippen molar-refractivity contribution in [1.82, 2.24) is 0 Å². The molecular weight excluding hydrogens is 360 g/mol. The highest BCUT2D eigenvalue weighted by atomic mass is 79.9. The molecule has 1 atom stereocenters. The van der Waals surface area contributed by atoms with Gasteiger partial charge in [-0.2, -0.15) is 0 Å². The standard InChI is InChI=1S/C14H12BrClN2O3/c15-14-11(16)2-1-3-12(14)17-8-13(19)9-4-6-10(7-5-9)18(20)21/h1-7,13,17,19H,8H2. The summed E-state index contributed by atoms with van der Waals surface area (Å²) in [5.41, 5.74) is 1.37. The second kappa shape index (κ2) is 6.89. The van der Waals surface area contributed by atoms with Gasteiger partial charge in [0.2, 0.25) is 0 Å². The molecule has 0 saturated carbocycles. The van der Waals surface area contributed by atoms with Crippen LogP contribution in [0.1, 0.15) is 11.7 Å². The molecule has 2 aromatic carbocycles. The zero-order valence-corrected chi connectivity index (χ0v) is 13.1. The van der Waals surface area contributed by atoms with E-state index in [2.05, 4.69) is 21.2 Å². The fourth-order valence-electron chi connectivity index (χ4n) is 1.78. The third-order valence-corrected chi connectivity index (χ3v) is 4.32. The Morgan fingerprint density at radius 1 is 1.29 bits per heavy atom. The number of halogens is 2. The maximum absolute atomic E-state index is 10.6. The Hall–Kier alpha value is -1.63. The van der Waals surface area contributed by atoms with Crippen LogP contribution in [0.3, 0.4) is 0 Å². The van der Waals surface area contributed by atoms with E-state index in [-0.39, 0.29) is 12.2 Å². The number of hydrogen-bond donors (Lipinski definition) is 2. The van der Waals surface area contributed by atoms with E-state index < -0.39 is 11.0 Å². The molecule has 0 aromatic heterocycles. The van der Waals surface area contributed by atoms with Gasteiger partial charge in [0.1, 0.15) is 0 Å². The van der Waals surface area contributed by atoms with Crippen LogP contribution in [0.5, 0.6) is 0 Å². The number of hydrogen-bond acceptors (Lipinski definition) is 4. The molecule has 0 aliphatic rings. The van der Waals surface area contributed by atoms with Crippen molar-refractivity contribution in [3.8, 4) is 0 Å². The molecule has 2 rings (SSSR count). The molecule has 0 spiro atoms. The van der Waals surface area contributed by atoms with Crippen molar-refractivity contribution in [2.75, 3.05) is 11.9 Å². The number of nitro benzene ring substituents is 1. The minimum Gasteiger partial charge on any atom is -0.387 e. The van der Waals surface area contributed by atoms with Gasteiger partial charge in [0.05, 0.1) is 26.2 Å². The first-order valence-corrected chi connectivity index (χ1v) is 7.26. The summed E-state index contributed by atoms with van der Waals surface area (Å²) in [6.45, 7) is 0.261. The molecule has 0 aliphatic heterocycles. The molecule has 5 nitrogen and oxygen atoms in total. The largest absolute Gasteiger partial charge is 0.387 e. The Bertz CT molecular complexity index is 649. The van der Waals surface area contributed by atoms with Crippen LogP contribution in [0, 0.1) is 10.1 Å². The van der Waals surface area contributed by atoms with Gasteiger partial charge in [0.25, 0.3) is 5.69 Å². The van der Waals surface area contributed by atoms with Gasteiger partial charge in [-0.15, -0.1) is 0 Å². The minimum absolute atomic E-state index is 0.00325. The van der Waals surface area contributed by atoms with Gasteiger partial charge in [-0.3, -0.25) is 10.1 Å². The predicted octanol–water partition coefficient (Wildman–Crippen LogP) is 4.16. The second-order valence-corrected chi connectivity index (χ2v) is 5.55. The molecule has 21 heavy (non-hydrogen) atoms. The highest BCUT2D eigenvalue weighted by Crippen LogP contribution is 2.30. The molecular formula is C14H12BrClN2O3. The first-order valence-electron chi connectivity index (χ1n) is 6.09. The highest BCUT2D eigenvalue weighted by Gasteiger charge is 2.11. The maximum atomic E-state index is 10.6. The number of aliphatic hydroxyl groups excluding tert-OH is 1. The van der Waals surface area contributed by atoms with Gasteiger partial charge in [-0.05, 0) is 45.8 Å². The van der Waals surface area contributed by atoms with Crippen molar-refractivity contribution in [3.63, 3.8) is 0 Å². The first kappa shape index (κ1) is 15.8. The van der Waals surface area contributed by atoms with Gasteiger partial charge in [-0.25, -0.2) is 0 Å². The molecule has 0 aliphatic carbocycles. The van der Waals surface area contributed by atoms with Crippen LogP contribution in [0.25, 0.3) is 0 Å². The van der Waals surface area contributed by atoms with Crippen LogP contribution in [-0.2, 0) is 0 Å². The SMILES string of the molecule is O=[N+]([O-])c1ccc(C(O)CNc2cccc(Cl)c2Br)cc1. The van der Waals surface area contributed by atoms with E-state index in [1.807, 2.05) is 6.07 Å². The third kappa shape index (κ3) is 3.93. The van der Waals surface area contributed by atoms with Crippen molar-refractivity contribution in [3.05, 3.63) is 67.6 Å². The molecule has 0 heterocycles. The lowest BCUT2D eigenvalue weighted by Gasteiger charge is -2.14. The summed E-state index contributed by atoms with van der Waals surface area (Å²) < 4.78 is 0.725. The van der Waals surface area contributed by atoms with E-state index in [1.54, 1.807) is 12.1 Å². The Kier molecular flexibility index (Phi) is 5.17. The fraction of sp³-hybridized carbons (Fsp3) is 0.143. The molecule has 0 amide bonds. The summed E-state index contributed by atoms with van der Waals surface area (Å²) in [5.74, 6) is 0. The summed E-state index contributed by atoms with van der Waals surface area (Å²) in [5, 5.41) is 24.3. The number of benzene rings is 2. The summed E-state index contributed by atoms with van der Waals surface area (Å²) in [6, 6.07) is 11.2. The van der Waals surface area contributed by atoms with Crippen LogP contribution in [-0.4, -0.2) is 16.6 Å². The average Bonchev–Trinajstić information content (AvgIpc) is 2.48. The molecule has 1 unspecified atom stereocenters. The number of non-ortho nitro benzene ring substituents is 1. The smallest absolute Gasteiger partial charge is 0.269 e. The van der Waals surface area contributed by atoms with E-state index in [9.17, 15) is 15.2 Å². The third-order valence-electron chi connectivity index (χ3n) is 2.93. The van der Waals surface area contributed by atoms with E-state index >= 15 is 0 Å². The Morgan fingerprint density at radius 3 is 2.57 bits per heavy atom. The molecule has 2 N–H and O–H groups in total. The van der Waals surface area contributed by atoms with E-state index in [0.29, 0.717) is 10.6 Å². The molecule has 0 radical (unpaired) electrons. The number of aliphatic hydroxyl groups is 1. The number of anilines is 1. The van der Waals surface area contributed by atoms with E-state index in [0.717, 1.165) is 10.2 Å². The van der Waals surface area contributed by atoms with Crippen LogP contribution < -0.4 is 5.32 Å². The molecule has 110 valence electrons. The zero-order valence-electron chi connectivity index (χ0n) is 10.8. The second-order valence-electron chi connectivity index (χ2n) is 4.35. The zero-order chi connectivity index (χ0) is 15.4. The van der Waals surface area contributed by atoms with Gasteiger partial charge in [0.15, 0.2) is 0 Å². The van der Waals surface area contributed by atoms with E-state index in [1.165, 1.54) is 24.3 Å². The Labute approximate surface area is 134 Å². The van der Waals surface area contributed by atoms with Crippen LogP contribution >= 0.6 is 27.5 Å². The lowest BCUT2D eigenvalue weighted by atomic mass is 10.1. The molecule has 2 aromatic rings. The van der Waals surface area contributed by atoms with Crippen LogP contribution in [0.15, 0.2) is 46.9 Å².